The zero-order valence-electron chi connectivity index (χ0n) is 13.0. The molecule has 0 aliphatic rings. The van der Waals surface area contributed by atoms with Crippen LogP contribution in [0.15, 0.2) is 23.5 Å². The number of aliphatic imine (C=N–C) groups is 1. The second-order valence-electron chi connectivity index (χ2n) is 4.60. The molecule has 0 atom stereocenters. The van der Waals surface area contributed by atoms with E-state index in [0.717, 1.165) is 51.5 Å². The Morgan fingerprint density at radius 2 is 1.95 bits per heavy atom. The Labute approximate surface area is 144 Å². The molecular formula is C14H28IN5O. The first-order chi connectivity index (χ1) is 9.86. The van der Waals surface area contributed by atoms with Gasteiger partial charge in [-0.1, -0.05) is 0 Å². The van der Waals surface area contributed by atoms with E-state index >= 15 is 0 Å². The van der Waals surface area contributed by atoms with Gasteiger partial charge in [0.2, 0.25) is 0 Å². The second kappa shape index (κ2) is 14.1. The number of rotatable bonds is 10. The molecule has 0 unspecified atom stereocenters. The first-order valence-corrected chi connectivity index (χ1v) is 7.27. The smallest absolute Gasteiger partial charge is 0.190 e. The van der Waals surface area contributed by atoms with Crippen molar-refractivity contribution in [2.75, 3.05) is 33.9 Å². The standard InChI is InChI=1S/C14H27N5O.HI/c1-15-14(16-8-4-3-5-13-20-2)17-9-6-11-19-12-7-10-18-19;/h7,10,12H,3-6,8-9,11,13H2,1-2H3,(H2,15,16,17);1H. The molecule has 1 heterocycles. The first kappa shape index (κ1) is 20.2. The van der Waals surface area contributed by atoms with Crippen LogP contribution < -0.4 is 10.6 Å². The van der Waals surface area contributed by atoms with E-state index in [2.05, 4.69) is 20.7 Å². The molecule has 6 nitrogen and oxygen atoms in total. The van der Waals surface area contributed by atoms with Gasteiger partial charge in [-0.25, -0.2) is 0 Å². The zero-order chi connectivity index (χ0) is 14.5. The number of aryl methyl sites for hydroxylation is 1. The van der Waals surface area contributed by atoms with Crippen molar-refractivity contribution in [3.05, 3.63) is 18.5 Å². The highest BCUT2D eigenvalue weighted by Gasteiger charge is 1.97. The molecule has 1 rings (SSSR count). The van der Waals surface area contributed by atoms with E-state index in [4.69, 9.17) is 4.74 Å². The highest BCUT2D eigenvalue weighted by molar-refractivity contribution is 14.0. The fraction of sp³-hybridized carbons (Fsp3) is 0.714. The van der Waals surface area contributed by atoms with Gasteiger partial charge >= 0.3 is 0 Å². The van der Waals surface area contributed by atoms with Crippen LogP contribution in [0.25, 0.3) is 0 Å². The Bertz CT molecular complexity index is 356. The van der Waals surface area contributed by atoms with Crippen molar-refractivity contribution in [3.63, 3.8) is 0 Å². The molecule has 0 aromatic carbocycles. The van der Waals surface area contributed by atoms with Gasteiger partial charge in [0.25, 0.3) is 0 Å². The molecule has 2 N–H and O–H groups in total. The Morgan fingerprint density at radius 3 is 2.57 bits per heavy atom. The van der Waals surface area contributed by atoms with Crippen molar-refractivity contribution >= 4 is 29.9 Å². The largest absolute Gasteiger partial charge is 0.385 e. The van der Waals surface area contributed by atoms with Crippen LogP contribution in [0, 0.1) is 0 Å². The molecule has 1 aromatic rings. The summed E-state index contributed by atoms with van der Waals surface area (Å²) in [6.07, 6.45) is 8.24. The number of hydrogen-bond acceptors (Lipinski definition) is 3. The number of nitrogens with zero attached hydrogens (tertiary/aromatic N) is 3. The number of halogens is 1. The van der Waals surface area contributed by atoms with E-state index in [9.17, 15) is 0 Å². The predicted molar refractivity (Wildman–Crippen MR) is 97.4 cm³/mol. The summed E-state index contributed by atoms with van der Waals surface area (Å²) >= 11 is 0. The van der Waals surface area contributed by atoms with Crippen LogP contribution in [0.1, 0.15) is 25.7 Å². The van der Waals surface area contributed by atoms with Gasteiger partial charge in [-0.3, -0.25) is 9.67 Å². The van der Waals surface area contributed by atoms with E-state index in [-0.39, 0.29) is 24.0 Å². The molecule has 122 valence electrons. The van der Waals surface area contributed by atoms with Crippen LogP contribution in [0.5, 0.6) is 0 Å². The lowest BCUT2D eigenvalue weighted by Crippen LogP contribution is -2.38. The molecule has 1 aromatic heterocycles. The van der Waals surface area contributed by atoms with Gasteiger partial charge < -0.3 is 15.4 Å². The van der Waals surface area contributed by atoms with Crippen molar-refractivity contribution in [2.45, 2.75) is 32.2 Å². The maximum atomic E-state index is 5.02. The lowest BCUT2D eigenvalue weighted by atomic mass is 10.2. The van der Waals surface area contributed by atoms with Crippen LogP contribution in [0.4, 0.5) is 0 Å². The van der Waals surface area contributed by atoms with Gasteiger partial charge in [0.1, 0.15) is 0 Å². The summed E-state index contributed by atoms with van der Waals surface area (Å²) < 4.78 is 6.96. The van der Waals surface area contributed by atoms with E-state index < -0.39 is 0 Å². The molecule has 0 aliphatic heterocycles. The van der Waals surface area contributed by atoms with Gasteiger partial charge in [-0.15, -0.1) is 24.0 Å². The lowest BCUT2D eigenvalue weighted by Gasteiger charge is -2.11. The zero-order valence-corrected chi connectivity index (χ0v) is 15.4. The van der Waals surface area contributed by atoms with Crippen molar-refractivity contribution in [1.82, 2.24) is 20.4 Å². The quantitative estimate of drug-likeness (QED) is 0.268. The molecule has 0 bridgehead atoms. The first-order valence-electron chi connectivity index (χ1n) is 7.27. The lowest BCUT2D eigenvalue weighted by molar-refractivity contribution is 0.192. The highest BCUT2D eigenvalue weighted by atomic mass is 127. The van der Waals surface area contributed by atoms with Crippen LogP contribution in [-0.4, -0.2) is 49.6 Å². The van der Waals surface area contributed by atoms with E-state index in [0.29, 0.717) is 0 Å². The average molecular weight is 409 g/mol. The molecule has 21 heavy (non-hydrogen) atoms. The summed E-state index contributed by atoms with van der Waals surface area (Å²) in [4.78, 5) is 4.20. The Morgan fingerprint density at radius 1 is 1.19 bits per heavy atom. The molecular weight excluding hydrogens is 381 g/mol. The van der Waals surface area contributed by atoms with Crippen LogP contribution in [0.2, 0.25) is 0 Å². The average Bonchev–Trinajstić information content (AvgIpc) is 2.98. The van der Waals surface area contributed by atoms with E-state index in [1.54, 1.807) is 20.4 Å². The van der Waals surface area contributed by atoms with Crippen molar-refractivity contribution in [2.24, 2.45) is 4.99 Å². The fourth-order valence-electron chi connectivity index (χ4n) is 1.86. The van der Waals surface area contributed by atoms with Gasteiger partial charge in [0.05, 0.1) is 0 Å². The predicted octanol–water partition coefficient (Wildman–Crippen LogP) is 1.87. The number of ether oxygens (including phenoxy) is 1. The summed E-state index contributed by atoms with van der Waals surface area (Å²) in [5, 5.41) is 10.8. The minimum atomic E-state index is 0. The van der Waals surface area contributed by atoms with Gasteiger partial charge in [0.15, 0.2) is 5.96 Å². The maximum Gasteiger partial charge on any atom is 0.190 e. The molecule has 0 saturated carbocycles. The number of methoxy groups -OCH3 is 1. The molecule has 0 saturated heterocycles. The number of nitrogens with one attached hydrogen (secondary N) is 2. The summed E-state index contributed by atoms with van der Waals surface area (Å²) in [5.41, 5.74) is 0. The van der Waals surface area contributed by atoms with Crippen molar-refractivity contribution < 1.29 is 4.74 Å². The minimum Gasteiger partial charge on any atom is -0.385 e. The molecule has 0 aliphatic carbocycles. The van der Waals surface area contributed by atoms with Gasteiger partial charge in [-0.05, 0) is 31.7 Å². The summed E-state index contributed by atoms with van der Waals surface area (Å²) in [6, 6.07) is 1.94. The molecule has 7 heteroatoms. The monoisotopic (exact) mass is 409 g/mol. The Balaban J connectivity index is 0.00000400. The third-order valence-electron chi connectivity index (χ3n) is 2.96. The van der Waals surface area contributed by atoms with Crippen molar-refractivity contribution in [3.8, 4) is 0 Å². The number of unbranched alkanes of at least 4 members (excludes halogenated alkanes) is 2. The Kier molecular flexibility index (Phi) is 13.6. The molecule has 0 spiro atoms. The third-order valence-corrected chi connectivity index (χ3v) is 2.96. The number of aromatic nitrogens is 2. The summed E-state index contributed by atoms with van der Waals surface area (Å²) in [5.74, 6) is 0.872. The highest BCUT2D eigenvalue weighted by Crippen LogP contribution is 1.93. The second-order valence-corrected chi connectivity index (χ2v) is 4.60. The Hall–Kier alpha value is -0.830. The molecule has 0 fully saturated rings. The molecule has 0 amide bonds. The van der Waals surface area contributed by atoms with Crippen molar-refractivity contribution in [1.29, 1.82) is 0 Å². The van der Waals surface area contributed by atoms with Crippen LogP contribution >= 0.6 is 24.0 Å². The normalized spacial score (nSPS) is 11.0. The third kappa shape index (κ3) is 10.5. The number of guanidine groups is 1. The fourth-order valence-corrected chi connectivity index (χ4v) is 1.86. The van der Waals surface area contributed by atoms with E-state index in [1.807, 2.05) is 16.9 Å². The summed E-state index contributed by atoms with van der Waals surface area (Å²) in [6.45, 7) is 3.61. The summed E-state index contributed by atoms with van der Waals surface area (Å²) in [7, 11) is 3.54. The van der Waals surface area contributed by atoms with E-state index in [1.165, 1.54) is 6.42 Å². The molecule has 0 radical (unpaired) electrons. The van der Waals surface area contributed by atoms with Crippen LogP contribution in [-0.2, 0) is 11.3 Å². The maximum absolute atomic E-state index is 5.02. The minimum absolute atomic E-state index is 0. The number of hydrogen-bond donors (Lipinski definition) is 2. The van der Waals surface area contributed by atoms with Gasteiger partial charge in [0, 0.05) is 52.8 Å². The van der Waals surface area contributed by atoms with Crippen LogP contribution in [0.3, 0.4) is 0 Å². The van der Waals surface area contributed by atoms with Gasteiger partial charge in [-0.2, -0.15) is 5.10 Å². The SMILES string of the molecule is CN=C(NCCCCCOC)NCCCn1cccn1.I. The topological polar surface area (TPSA) is 63.5 Å².